The van der Waals surface area contributed by atoms with Gasteiger partial charge in [0, 0.05) is 66.9 Å². The lowest BCUT2D eigenvalue weighted by Crippen LogP contribution is -2.49. The van der Waals surface area contributed by atoms with Crippen LogP contribution in [0.15, 0.2) is 78.2 Å². The molecule has 51 heavy (non-hydrogen) atoms. The summed E-state index contributed by atoms with van der Waals surface area (Å²) in [7, 11) is 0. The van der Waals surface area contributed by atoms with E-state index in [4.69, 9.17) is 31.0 Å². The molecule has 11 heteroatoms. The second-order valence-corrected chi connectivity index (χ2v) is 14.6. The Morgan fingerprint density at radius 1 is 0.980 bits per heavy atom. The smallest absolute Gasteiger partial charge is 0.318 e. The van der Waals surface area contributed by atoms with Gasteiger partial charge in [-0.05, 0) is 86.5 Å². The zero-order valence-corrected chi connectivity index (χ0v) is 30.8. The minimum absolute atomic E-state index is 0.0269. The Morgan fingerprint density at radius 2 is 1.80 bits per heavy atom. The van der Waals surface area contributed by atoms with Crippen molar-refractivity contribution in [2.75, 3.05) is 68.8 Å². The summed E-state index contributed by atoms with van der Waals surface area (Å²) in [6.07, 6.45) is 6.56. The van der Waals surface area contributed by atoms with E-state index in [1.807, 2.05) is 29.2 Å². The van der Waals surface area contributed by atoms with Gasteiger partial charge in [0.1, 0.15) is 12.4 Å². The van der Waals surface area contributed by atoms with E-state index in [9.17, 15) is 4.79 Å². The second-order valence-electron chi connectivity index (χ2n) is 13.6. The Kier molecular flexibility index (Phi) is 11.6. The van der Waals surface area contributed by atoms with Gasteiger partial charge in [0.15, 0.2) is 0 Å². The number of carbonyl (C=O) groups is 1. The van der Waals surface area contributed by atoms with Crippen LogP contribution in [0.2, 0.25) is 5.02 Å². The summed E-state index contributed by atoms with van der Waals surface area (Å²) in [4.78, 5) is 32.5. The number of nitrogens with zero attached hydrogens (tertiary/aromatic N) is 6. The molecule has 1 aromatic heterocycles. The van der Waals surface area contributed by atoms with Crippen LogP contribution in [0.25, 0.3) is 10.8 Å². The normalized spacial score (nSPS) is 17.9. The molecule has 4 aromatic rings. The molecular formula is C40H47ClN6O3S. The Hall–Kier alpha value is -3.83. The quantitative estimate of drug-likeness (QED) is 0.0916. The summed E-state index contributed by atoms with van der Waals surface area (Å²) in [6, 6.07) is 21.3. The fraction of sp³-hybridized carbons (Fsp3) is 0.425. The van der Waals surface area contributed by atoms with Crippen molar-refractivity contribution in [1.29, 1.82) is 0 Å². The van der Waals surface area contributed by atoms with Gasteiger partial charge in [0.05, 0.1) is 23.9 Å². The molecule has 3 aliphatic rings. The number of anilines is 2. The third kappa shape index (κ3) is 8.46. The highest BCUT2D eigenvalue weighted by atomic mass is 35.5. The van der Waals surface area contributed by atoms with Gasteiger partial charge in [-0.1, -0.05) is 54.6 Å². The molecule has 0 saturated carbocycles. The van der Waals surface area contributed by atoms with E-state index in [2.05, 4.69) is 70.3 Å². The maximum absolute atomic E-state index is 12.3. The standard InChI is InChI=1S/C40H47ClN6O3S/c1-2-37(48)45-20-22-46(23-21-45)39-33-16-19-47(36-15-7-11-30-10-6-14-34(41)38(30)36)26-35(33)42-40(43-39)50-28-31-12-8-18-44(31)17-3-4-24-49-27-29-9-5-13-32(51)25-29/h2,5-7,9-11,13-15,25,31,51H,1,3-4,8,12,16-24,26-28H2. The van der Waals surface area contributed by atoms with Crippen molar-refractivity contribution in [3.05, 3.63) is 95.2 Å². The Morgan fingerprint density at radius 3 is 2.63 bits per heavy atom. The summed E-state index contributed by atoms with van der Waals surface area (Å²) >= 11 is 11.2. The molecule has 0 aliphatic carbocycles. The molecule has 1 atom stereocenters. The molecule has 9 nitrogen and oxygen atoms in total. The number of amides is 1. The van der Waals surface area contributed by atoms with E-state index < -0.39 is 0 Å². The number of unbranched alkanes of at least 4 members (excludes halogenated alkanes) is 1. The van der Waals surface area contributed by atoms with Crippen molar-refractivity contribution in [3.63, 3.8) is 0 Å². The number of hydrogen-bond acceptors (Lipinski definition) is 9. The van der Waals surface area contributed by atoms with Gasteiger partial charge in [0.25, 0.3) is 0 Å². The molecule has 2 fully saturated rings. The molecule has 0 bridgehead atoms. The molecule has 4 heterocycles. The summed E-state index contributed by atoms with van der Waals surface area (Å²) in [5.41, 5.74) is 4.42. The molecule has 0 radical (unpaired) electrons. The lowest BCUT2D eigenvalue weighted by Gasteiger charge is -2.38. The number of thiol groups is 1. The zero-order valence-electron chi connectivity index (χ0n) is 29.2. The van der Waals surface area contributed by atoms with E-state index in [1.54, 1.807) is 0 Å². The Bertz CT molecular complexity index is 1850. The molecule has 268 valence electrons. The van der Waals surface area contributed by atoms with Gasteiger partial charge in [-0.3, -0.25) is 9.69 Å². The minimum Gasteiger partial charge on any atom is -0.462 e. The van der Waals surface area contributed by atoms with Crippen LogP contribution in [0.4, 0.5) is 11.5 Å². The van der Waals surface area contributed by atoms with Crippen molar-refractivity contribution in [3.8, 4) is 6.01 Å². The summed E-state index contributed by atoms with van der Waals surface area (Å²) < 4.78 is 12.4. The van der Waals surface area contributed by atoms with E-state index in [0.717, 1.165) is 107 Å². The number of fused-ring (bicyclic) bond motifs is 2. The van der Waals surface area contributed by atoms with Crippen LogP contribution in [0, 0.1) is 0 Å². The summed E-state index contributed by atoms with van der Waals surface area (Å²) in [5.74, 6) is 0.904. The minimum atomic E-state index is -0.0269. The number of likely N-dealkylation sites (tertiary alicyclic amines) is 1. The van der Waals surface area contributed by atoms with Crippen molar-refractivity contribution < 1.29 is 14.3 Å². The van der Waals surface area contributed by atoms with Gasteiger partial charge in [-0.25, -0.2) is 0 Å². The molecule has 3 aromatic carbocycles. The van der Waals surface area contributed by atoms with Crippen LogP contribution in [-0.4, -0.2) is 90.7 Å². The molecular weight excluding hydrogens is 680 g/mol. The summed E-state index contributed by atoms with van der Waals surface area (Å²) in [5, 5.41) is 2.94. The number of piperazine rings is 1. The first-order chi connectivity index (χ1) is 25.0. The SMILES string of the molecule is C=CC(=O)N1CCN(c2nc(OCC3CCCN3CCCCOCc3cccc(S)c3)nc3c2CCN(c2cccc4cccc(Cl)c24)C3)CC1. The molecule has 1 unspecified atom stereocenters. The van der Waals surface area contributed by atoms with Crippen LogP contribution in [0.5, 0.6) is 6.01 Å². The monoisotopic (exact) mass is 726 g/mol. The lowest BCUT2D eigenvalue weighted by molar-refractivity contribution is -0.126. The number of benzene rings is 3. The maximum atomic E-state index is 12.3. The topological polar surface area (TPSA) is 74.3 Å². The van der Waals surface area contributed by atoms with Crippen molar-refractivity contribution in [2.45, 2.75) is 56.2 Å². The lowest BCUT2D eigenvalue weighted by atomic mass is 10.0. The first kappa shape index (κ1) is 35.6. The summed E-state index contributed by atoms with van der Waals surface area (Å²) in [6.45, 7) is 11.8. The van der Waals surface area contributed by atoms with Gasteiger partial charge < -0.3 is 24.2 Å². The van der Waals surface area contributed by atoms with E-state index >= 15 is 0 Å². The Labute approximate surface area is 311 Å². The number of rotatable bonds is 13. The Balaban J connectivity index is 1.03. The van der Waals surface area contributed by atoms with Crippen LogP contribution < -0.4 is 14.5 Å². The average Bonchev–Trinajstić information content (AvgIpc) is 3.61. The predicted octanol–water partition coefficient (Wildman–Crippen LogP) is 6.81. The number of ether oxygens (including phenoxy) is 2. The highest BCUT2D eigenvalue weighted by Gasteiger charge is 2.30. The molecule has 2 saturated heterocycles. The van der Waals surface area contributed by atoms with E-state index in [1.165, 1.54) is 6.08 Å². The molecule has 3 aliphatic heterocycles. The second kappa shape index (κ2) is 16.7. The van der Waals surface area contributed by atoms with Crippen molar-refractivity contribution in [1.82, 2.24) is 19.8 Å². The largest absolute Gasteiger partial charge is 0.462 e. The van der Waals surface area contributed by atoms with E-state index in [0.29, 0.717) is 58.0 Å². The number of halogens is 1. The van der Waals surface area contributed by atoms with Gasteiger partial charge >= 0.3 is 6.01 Å². The van der Waals surface area contributed by atoms with E-state index in [-0.39, 0.29) is 5.91 Å². The van der Waals surface area contributed by atoms with Crippen LogP contribution in [0.1, 0.15) is 42.5 Å². The highest BCUT2D eigenvalue weighted by Crippen LogP contribution is 2.37. The number of hydrogen-bond donors (Lipinski definition) is 1. The van der Waals surface area contributed by atoms with Gasteiger partial charge in [0.2, 0.25) is 5.91 Å². The van der Waals surface area contributed by atoms with Crippen LogP contribution in [-0.2, 0) is 29.1 Å². The van der Waals surface area contributed by atoms with Crippen LogP contribution >= 0.6 is 24.2 Å². The molecule has 0 N–H and O–H groups in total. The molecule has 0 spiro atoms. The number of carbonyl (C=O) groups excluding carboxylic acids is 1. The first-order valence-corrected chi connectivity index (χ1v) is 19.0. The maximum Gasteiger partial charge on any atom is 0.318 e. The highest BCUT2D eigenvalue weighted by molar-refractivity contribution is 7.80. The van der Waals surface area contributed by atoms with Crippen molar-refractivity contribution in [2.24, 2.45) is 0 Å². The van der Waals surface area contributed by atoms with Crippen molar-refractivity contribution >= 4 is 52.4 Å². The molecule has 1 amide bonds. The fourth-order valence-corrected chi connectivity index (χ4v) is 8.16. The fourth-order valence-electron chi connectivity index (χ4n) is 7.63. The first-order valence-electron chi connectivity index (χ1n) is 18.2. The van der Waals surface area contributed by atoms with Gasteiger partial charge in [-0.2, -0.15) is 9.97 Å². The van der Waals surface area contributed by atoms with Crippen LogP contribution in [0.3, 0.4) is 0 Å². The predicted molar refractivity (Wildman–Crippen MR) is 207 cm³/mol. The molecule has 7 rings (SSSR count). The third-order valence-corrected chi connectivity index (χ3v) is 10.9. The average molecular weight is 727 g/mol. The number of aromatic nitrogens is 2. The van der Waals surface area contributed by atoms with Gasteiger partial charge in [-0.15, -0.1) is 12.6 Å². The third-order valence-electron chi connectivity index (χ3n) is 10.3. The zero-order chi connectivity index (χ0) is 35.2.